The van der Waals surface area contributed by atoms with Crippen LogP contribution in [0.1, 0.15) is 49.2 Å². The molecule has 0 unspecified atom stereocenters. The topological polar surface area (TPSA) is 51.9 Å². The van der Waals surface area contributed by atoms with Crippen LogP contribution in [-0.4, -0.2) is 10.5 Å². The normalized spacial score (nSPS) is 18.6. The van der Waals surface area contributed by atoms with Crippen molar-refractivity contribution in [1.29, 1.82) is 0 Å². The van der Waals surface area contributed by atoms with Crippen LogP contribution < -0.4 is 27.3 Å². The van der Waals surface area contributed by atoms with Crippen molar-refractivity contribution < 1.29 is 26.3 Å². The highest BCUT2D eigenvalue weighted by Gasteiger charge is 2.51. The lowest BCUT2D eigenvalue weighted by molar-refractivity contribution is -0.692. The summed E-state index contributed by atoms with van der Waals surface area (Å²) in [4.78, 5) is 13.2. The van der Waals surface area contributed by atoms with E-state index in [0.717, 1.165) is 36.9 Å². The molecule has 2 atom stereocenters. The molecule has 1 saturated carbocycles. The van der Waals surface area contributed by atoms with Crippen molar-refractivity contribution in [3.8, 4) is 0 Å². The summed E-state index contributed by atoms with van der Waals surface area (Å²) in [6.07, 6.45) is 11.5. The third kappa shape index (κ3) is 4.18. The highest BCUT2D eigenvalue weighted by molar-refractivity contribution is 5.91. The second-order valence-corrected chi connectivity index (χ2v) is 8.54. The Morgan fingerprint density at radius 3 is 2.22 bits per heavy atom. The van der Waals surface area contributed by atoms with Crippen molar-refractivity contribution in [3.63, 3.8) is 0 Å². The molecule has 0 bridgehead atoms. The van der Waals surface area contributed by atoms with E-state index in [1.54, 1.807) is 0 Å². The van der Waals surface area contributed by atoms with Crippen LogP contribution >= 0.6 is 0 Å². The fraction of sp³-hybridized carbons (Fsp3) is 0.333. The number of hydrogen-bond acceptors (Lipinski definition) is 1. The lowest BCUT2D eigenvalue weighted by Gasteiger charge is -2.37. The Labute approximate surface area is 201 Å². The van der Waals surface area contributed by atoms with Gasteiger partial charge < -0.3 is 22.7 Å². The maximum Gasteiger partial charge on any atom is 0.253 e. The summed E-state index contributed by atoms with van der Waals surface area (Å²) in [5, 5.41) is 0. The average Bonchev–Trinajstić information content (AvgIpc) is 3.41. The molecule has 32 heavy (non-hydrogen) atoms. The smallest absolute Gasteiger partial charge is 0.253 e. The van der Waals surface area contributed by atoms with Gasteiger partial charge in [0, 0.05) is 6.92 Å². The summed E-state index contributed by atoms with van der Waals surface area (Å²) in [7, 11) is 0. The zero-order chi connectivity index (χ0) is 21.8. The average molecular weight is 494 g/mol. The number of carbonyl (C=O) groups is 1. The SMILES string of the molecule is C/C=C/C[n+]1ccn([C@H]2CC[C@@H](C(C(N)=O)(c3ccccc3)c3ccccc3)C2)c1C.[Br-]. The Balaban J connectivity index is 0.00000289. The minimum Gasteiger partial charge on any atom is -1.00 e. The predicted octanol–water partition coefficient (Wildman–Crippen LogP) is 1.48. The first kappa shape index (κ1) is 24.0. The van der Waals surface area contributed by atoms with Gasteiger partial charge in [0.1, 0.15) is 30.4 Å². The Bertz CT molecular complexity index is 1020. The van der Waals surface area contributed by atoms with Gasteiger partial charge in [0.2, 0.25) is 5.91 Å². The number of halogens is 1. The molecule has 2 N–H and O–H groups in total. The maximum atomic E-state index is 13.2. The number of nitrogens with zero attached hydrogens (tertiary/aromatic N) is 2. The summed E-state index contributed by atoms with van der Waals surface area (Å²) in [6.45, 7) is 5.10. The number of benzene rings is 2. The largest absolute Gasteiger partial charge is 1.00 e. The third-order valence-corrected chi connectivity index (χ3v) is 6.99. The monoisotopic (exact) mass is 493 g/mol. The minimum atomic E-state index is -0.820. The van der Waals surface area contributed by atoms with Crippen LogP contribution in [0.4, 0.5) is 0 Å². The number of hydrogen-bond donors (Lipinski definition) is 1. The van der Waals surface area contributed by atoms with Crippen LogP contribution in [-0.2, 0) is 16.8 Å². The molecule has 1 aromatic heterocycles. The Morgan fingerprint density at radius 1 is 1.09 bits per heavy atom. The second-order valence-electron chi connectivity index (χ2n) is 8.54. The van der Waals surface area contributed by atoms with Crippen molar-refractivity contribution in [2.75, 3.05) is 0 Å². The Morgan fingerprint density at radius 2 is 1.69 bits per heavy atom. The van der Waals surface area contributed by atoms with Gasteiger partial charge in [0.15, 0.2) is 0 Å². The number of imidazole rings is 1. The van der Waals surface area contributed by atoms with Crippen molar-refractivity contribution >= 4 is 5.91 Å². The number of allylic oxidation sites excluding steroid dienone is 2. The lowest BCUT2D eigenvalue weighted by atomic mass is 9.64. The van der Waals surface area contributed by atoms with E-state index in [-0.39, 0.29) is 28.8 Å². The molecule has 3 aromatic rings. The van der Waals surface area contributed by atoms with E-state index in [9.17, 15) is 4.79 Å². The number of carbonyl (C=O) groups excluding carboxylic acids is 1. The highest BCUT2D eigenvalue weighted by atomic mass is 79.9. The van der Waals surface area contributed by atoms with E-state index in [4.69, 9.17) is 5.73 Å². The molecular formula is C27H32BrN3O. The standard InChI is InChI=1S/C27H31N3O.BrH/c1-3-4-17-29-18-19-30(21(29)2)25-16-15-24(20-25)27(26(28)31,22-11-7-5-8-12-22)23-13-9-6-10-14-23;/h3-14,18-19,24-25H,15-17,20H2,1-2H3,(H-,28,31);1H/b4-3+;/t24-,25+;/m1./s1. The van der Waals surface area contributed by atoms with Gasteiger partial charge in [-0.3, -0.25) is 4.79 Å². The van der Waals surface area contributed by atoms with Gasteiger partial charge >= 0.3 is 0 Å². The number of amides is 1. The minimum absolute atomic E-state index is 0. The number of rotatable bonds is 7. The van der Waals surface area contributed by atoms with E-state index in [1.807, 2.05) is 43.3 Å². The Kier molecular flexibility index (Phi) is 7.73. The molecule has 1 heterocycles. The van der Waals surface area contributed by atoms with Gasteiger partial charge in [-0.25, -0.2) is 9.13 Å². The van der Waals surface area contributed by atoms with Gasteiger partial charge in [-0.05, 0) is 49.3 Å². The van der Waals surface area contributed by atoms with E-state index in [0.29, 0.717) is 6.04 Å². The summed E-state index contributed by atoms with van der Waals surface area (Å²) in [5.41, 5.74) is 7.40. The summed E-state index contributed by atoms with van der Waals surface area (Å²) in [5.74, 6) is 1.13. The van der Waals surface area contributed by atoms with Crippen LogP contribution in [0, 0.1) is 12.8 Å². The fourth-order valence-electron chi connectivity index (χ4n) is 5.44. The van der Waals surface area contributed by atoms with Crippen LogP contribution in [0.25, 0.3) is 0 Å². The summed E-state index contributed by atoms with van der Waals surface area (Å²) >= 11 is 0. The quantitative estimate of drug-likeness (QED) is 0.393. The van der Waals surface area contributed by atoms with Crippen molar-refractivity contribution in [2.45, 2.75) is 51.1 Å². The number of primary amides is 1. The zero-order valence-electron chi connectivity index (χ0n) is 18.8. The molecule has 0 spiro atoms. The molecule has 4 nitrogen and oxygen atoms in total. The first-order chi connectivity index (χ1) is 15.1. The second kappa shape index (κ2) is 10.3. The lowest BCUT2D eigenvalue weighted by Crippen LogP contribution is -3.00. The molecule has 1 fully saturated rings. The Hall–Kier alpha value is -2.66. The van der Waals surface area contributed by atoms with Crippen LogP contribution in [0.3, 0.4) is 0 Å². The molecule has 1 aliphatic rings. The molecule has 0 radical (unpaired) electrons. The van der Waals surface area contributed by atoms with Gasteiger partial charge in [0.05, 0.1) is 0 Å². The number of aromatic nitrogens is 2. The first-order valence-corrected chi connectivity index (χ1v) is 11.2. The van der Waals surface area contributed by atoms with Gasteiger partial charge in [-0.2, -0.15) is 0 Å². The fourth-order valence-corrected chi connectivity index (χ4v) is 5.44. The van der Waals surface area contributed by atoms with E-state index in [2.05, 4.69) is 64.9 Å². The van der Waals surface area contributed by atoms with E-state index in [1.165, 1.54) is 5.82 Å². The zero-order valence-corrected chi connectivity index (χ0v) is 20.4. The molecule has 1 aliphatic carbocycles. The molecule has 168 valence electrons. The van der Waals surface area contributed by atoms with Crippen molar-refractivity contribution in [2.24, 2.45) is 11.7 Å². The molecule has 0 saturated heterocycles. The third-order valence-electron chi connectivity index (χ3n) is 6.99. The van der Waals surface area contributed by atoms with Gasteiger partial charge in [-0.1, -0.05) is 66.7 Å². The van der Waals surface area contributed by atoms with Gasteiger partial charge in [-0.15, -0.1) is 0 Å². The summed E-state index contributed by atoms with van der Waals surface area (Å²) in [6, 6.07) is 20.6. The highest BCUT2D eigenvalue weighted by Crippen LogP contribution is 2.49. The van der Waals surface area contributed by atoms with E-state index < -0.39 is 5.41 Å². The molecule has 1 amide bonds. The van der Waals surface area contributed by atoms with Crippen molar-refractivity contribution in [3.05, 3.63) is 102 Å². The number of nitrogens with two attached hydrogens (primary N) is 1. The van der Waals surface area contributed by atoms with Gasteiger partial charge in [0.25, 0.3) is 5.82 Å². The van der Waals surface area contributed by atoms with Crippen molar-refractivity contribution in [1.82, 2.24) is 4.57 Å². The molecule has 0 aliphatic heterocycles. The predicted molar refractivity (Wildman–Crippen MR) is 123 cm³/mol. The first-order valence-electron chi connectivity index (χ1n) is 11.2. The molecule has 2 aromatic carbocycles. The molecule has 4 rings (SSSR count). The molecular weight excluding hydrogens is 462 g/mol. The maximum absolute atomic E-state index is 13.2. The van der Waals surface area contributed by atoms with Crippen LogP contribution in [0.15, 0.2) is 85.2 Å². The van der Waals surface area contributed by atoms with E-state index >= 15 is 0 Å². The summed E-state index contributed by atoms with van der Waals surface area (Å²) < 4.78 is 4.65. The molecule has 5 heteroatoms. The van der Waals surface area contributed by atoms with Crippen LogP contribution in [0.5, 0.6) is 0 Å². The van der Waals surface area contributed by atoms with Crippen LogP contribution in [0.2, 0.25) is 0 Å².